The number of hydrogen-bond donors (Lipinski definition) is 2. The van der Waals surface area contributed by atoms with Crippen LogP contribution in [0, 0.1) is 29.1 Å². The highest BCUT2D eigenvalue weighted by Crippen LogP contribution is 2.61. The molecule has 6 heteroatoms. The van der Waals surface area contributed by atoms with Crippen LogP contribution >= 0.6 is 0 Å². The lowest BCUT2D eigenvalue weighted by Crippen LogP contribution is -2.48. The Morgan fingerprint density at radius 3 is 2.20 bits per heavy atom. The van der Waals surface area contributed by atoms with Crippen molar-refractivity contribution in [1.82, 2.24) is 10.6 Å². The second kappa shape index (κ2) is 8.88. The summed E-state index contributed by atoms with van der Waals surface area (Å²) in [5, 5.41) is 5.77. The Labute approximate surface area is 180 Å². The summed E-state index contributed by atoms with van der Waals surface area (Å²) in [6, 6.07) is 0.160. The van der Waals surface area contributed by atoms with E-state index < -0.39 is 12.1 Å². The third-order valence-corrected chi connectivity index (χ3v) is 8.25. The summed E-state index contributed by atoms with van der Waals surface area (Å²) in [6.45, 7) is 3.58. The third kappa shape index (κ3) is 5.00. The molecular formula is C24H38N2O4. The first-order valence-corrected chi connectivity index (χ1v) is 12.1. The van der Waals surface area contributed by atoms with Crippen molar-refractivity contribution in [3.63, 3.8) is 0 Å². The molecule has 5 rings (SSSR count). The first kappa shape index (κ1) is 21.6. The van der Waals surface area contributed by atoms with Gasteiger partial charge in [-0.1, -0.05) is 19.8 Å². The van der Waals surface area contributed by atoms with Gasteiger partial charge in [0, 0.05) is 12.5 Å². The maximum atomic E-state index is 12.6. The zero-order valence-electron chi connectivity index (χ0n) is 18.6. The molecule has 5 aliphatic carbocycles. The summed E-state index contributed by atoms with van der Waals surface area (Å²) in [5.74, 6) is 2.02. The molecule has 0 aromatic heterocycles. The van der Waals surface area contributed by atoms with Crippen molar-refractivity contribution in [3.05, 3.63) is 0 Å². The molecule has 0 radical (unpaired) electrons. The Kier molecular flexibility index (Phi) is 6.40. The van der Waals surface area contributed by atoms with Crippen molar-refractivity contribution in [3.8, 4) is 0 Å². The van der Waals surface area contributed by atoms with E-state index >= 15 is 0 Å². The lowest BCUT2D eigenvalue weighted by Gasteiger charge is -2.56. The monoisotopic (exact) mass is 418 g/mol. The quantitative estimate of drug-likeness (QED) is 0.621. The lowest BCUT2D eigenvalue weighted by molar-refractivity contribution is -0.155. The van der Waals surface area contributed by atoms with Gasteiger partial charge in [0.25, 0.3) is 5.91 Å². The van der Waals surface area contributed by atoms with Gasteiger partial charge in [0.05, 0.1) is 0 Å². The molecule has 4 bridgehead atoms. The van der Waals surface area contributed by atoms with Crippen LogP contribution in [0.1, 0.15) is 84.5 Å². The van der Waals surface area contributed by atoms with Crippen molar-refractivity contribution < 1.29 is 19.1 Å². The molecule has 30 heavy (non-hydrogen) atoms. The maximum Gasteiger partial charge on any atom is 0.326 e. The number of carbonyl (C=O) groups excluding carboxylic acids is 3. The summed E-state index contributed by atoms with van der Waals surface area (Å²) >= 11 is 0. The highest BCUT2D eigenvalue weighted by Gasteiger charge is 2.51. The average molecular weight is 419 g/mol. The van der Waals surface area contributed by atoms with Crippen LogP contribution in [0.25, 0.3) is 0 Å². The van der Waals surface area contributed by atoms with Gasteiger partial charge in [-0.25, -0.2) is 0 Å². The number of ether oxygens (including phenoxy) is 1. The molecule has 5 saturated carbocycles. The van der Waals surface area contributed by atoms with Crippen LogP contribution in [0.4, 0.5) is 0 Å². The van der Waals surface area contributed by atoms with Gasteiger partial charge in [-0.3, -0.25) is 14.4 Å². The number of hydrogen-bond acceptors (Lipinski definition) is 4. The molecule has 0 aliphatic heterocycles. The van der Waals surface area contributed by atoms with Crippen LogP contribution in [-0.2, 0) is 19.1 Å². The fourth-order valence-electron chi connectivity index (χ4n) is 7.20. The molecule has 2 N–H and O–H groups in total. The second-order valence-corrected chi connectivity index (χ2v) is 10.9. The van der Waals surface area contributed by atoms with Crippen LogP contribution in [0.3, 0.4) is 0 Å². The summed E-state index contributed by atoms with van der Waals surface area (Å²) in [5.41, 5.74) is 0.159. The number of nitrogens with one attached hydrogen (secondary N) is 2. The van der Waals surface area contributed by atoms with Crippen molar-refractivity contribution in [2.45, 2.75) is 96.6 Å². The first-order valence-electron chi connectivity index (χ1n) is 12.1. The molecule has 5 aliphatic rings. The molecule has 2 amide bonds. The Balaban J connectivity index is 1.18. The zero-order chi connectivity index (χ0) is 21.3. The first-order chi connectivity index (χ1) is 14.3. The summed E-state index contributed by atoms with van der Waals surface area (Å²) in [4.78, 5) is 37.1. The number of amides is 2. The molecule has 3 atom stereocenters. The van der Waals surface area contributed by atoms with Crippen molar-refractivity contribution >= 4 is 17.8 Å². The minimum Gasteiger partial charge on any atom is -0.451 e. The van der Waals surface area contributed by atoms with Crippen LogP contribution in [0.2, 0.25) is 0 Å². The van der Waals surface area contributed by atoms with E-state index in [1.165, 1.54) is 44.9 Å². The van der Waals surface area contributed by atoms with Gasteiger partial charge in [-0.05, 0) is 87.4 Å². The van der Waals surface area contributed by atoms with Crippen LogP contribution in [-0.4, -0.2) is 36.5 Å². The molecule has 0 spiro atoms. The fraction of sp³-hybridized carbons (Fsp3) is 0.875. The highest BCUT2D eigenvalue weighted by atomic mass is 16.5. The van der Waals surface area contributed by atoms with Gasteiger partial charge in [-0.2, -0.15) is 0 Å². The average Bonchev–Trinajstić information content (AvgIpc) is 2.66. The molecule has 0 heterocycles. The van der Waals surface area contributed by atoms with E-state index in [2.05, 4.69) is 17.6 Å². The molecule has 168 valence electrons. The summed E-state index contributed by atoms with van der Waals surface area (Å²) in [6.07, 6.45) is 11.7. The van der Waals surface area contributed by atoms with E-state index in [1.54, 1.807) is 6.92 Å². The smallest absolute Gasteiger partial charge is 0.326 e. The molecule has 6 nitrogen and oxygen atoms in total. The van der Waals surface area contributed by atoms with Crippen LogP contribution in [0.5, 0.6) is 0 Å². The van der Waals surface area contributed by atoms with Gasteiger partial charge in [0.15, 0.2) is 6.10 Å². The van der Waals surface area contributed by atoms with Gasteiger partial charge in [0.1, 0.15) is 6.54 Å². The standard InChI is InChI=1S/C24H38N2O4/c1-15-5-3-4-6-20(15)26-23(29)16(2)30-22(28)14-25-21(27)13-24-10-17-7-18(11-24)9-19(8-17)12-24/h15-20H,3-14H2,1-2H3,(H,25,27)(H,26,29)/t15-,16-,17?,18?,19?,20-,24?/m1/s1. The van der Waals surface area contributed by atoms with E-state index in [-0.39, 0.29) is 29.8 Å². The predicted molar refractivity (Wildman–Crippen MR) is 113 cm³/mol. The lowest BCUT2D eigenvalue weighted by atomic mass is 9.49. The number of esters is 1. The molecule has 5 fully saturated rings. The van der Waals surface area contributed by atoms with Crippen molar-refractivity contribution in [2.75, 3.05) is 6.54 Å². The topological polar surface area (TPSA) is 84.5 Å². The van der Waals surface area contributed by atoms with E-state index in [0.29, 0.717) is 12.3 Å². The fourth-order valence-corrected chi connectivity index (χ4v) is 7.20. The third-order valence-electron chi connectivity index (χ3n) is 8.25. The van der Waals surface area contributed by atoms with Crippen LogP contribution < -0.4 is 10.6 Å². The van der Waals surface area contributed by atoms with Crippen LogP contribution in [0.15, 0.2) is 0 Å². The van der Waals surface area contributed by atoms with E-state index in [4.69, 9.17) is 4.74 Å². The number of carbonyl (C=O) groups is 3. The van der Waals surface area contributed by atoms with E-state index in [1.807, 2.05) is 0 Å². The summed E-state index contributed by atoms with van der Waals surface area (Å²) in [7, 11) is 0. The molecule has 0 saturated heterocycles. The second-order valence-electron chi connectivity index (χ2n) is 10.9. The Morgan fingerprint density at radius 2 is 1.60 bits per heavy atom. The van der Waals surface area contributed by atoms with Gasteiger partial charge in [0.2, 0.25) is 5.91 Å². The molecule has 0 aromatic rings. The largest absolute Gasteiger partial charge is 0.451 e. The molecule has 0 unspecified atom stereocenters. The van der Waals surface area contributed by atoms with Crippen molar-refractivity contribution in [1.29, 1.82) is 0 Å². The SMILES string of the molecule is C[C@@H]1CCCC[C@H]1NC(=O)[C@@H](C)OC(=O)CNC(=O)CC12CC3CC(CC(C3)C1)C2. The Morgan fingerprint density at radius 1 is 1.00 bits per heavy atom. The van der Waals surface area contributed by atoms with Gasteiger partial charge in [-0.15, -0.1) is 0 Å². The van der Waals surface area contributed by atoms with Crippen molar-refractivity contribution in [2.24, 2.45) is 29.1 Å². The Bertz CT molecular complexity index is 641. The Hall–Kier alpha value is -1.59. The predicted octanol–water partition coefficient (Wildman–Crippen LogP) is 3.34. The highest BCUT2D eigenvalue weighted by molar-refractivity contribution is 5.86. The summed E-state index contributed by atoms with van der Waals surface area (Å²) < 4.78 is 5.27. The minimum atomic E-state index is -0.841. The number of rotatable bonds is 7. The normalized spacial score (nSPS) is 38.0. The van der Waals surface area contributed by atoms with E-state index in [9.17, 15) is 14.4 Å². The zero-order valence-corrected chi connectivity index (χ0v) is 18.6. The molecule has 0 aromatic carbocycles. The van der Waals surface area contributed by atoms with E-state index in [0.717, 1.165) is 37.0 Å². The molecular weight excluding hydrogens is 380 g/mol. The van der Waals surface area contributed by atoms with Gasteiger partial charge >= 0.3 is 5.97 Å². The minimum absolute atomic E-state index is 0.0537. The maximum absolute atomic E-state index is 12.6. The van der Waals surface area contributed by atoms with Gasteiger partial charge < -0.3 is 15.4 Å².